The number of nitrogens with one attached hydrogen (secondary N) is 1. The Labute approximate surface area is 265 Å². The first-order chi connectivity index (χ1) is 22.1. The fourth-order valence-corrected chi connectivity index (χ4v) is 6.40. The second-order valence-corrected chi connectivity index (χ2v) is 12.1. The number of likely N-dealkylation sites (tertiary alicyclic amines) is 1. The van der Waals surface area contributed by atoms with Crippen LogP contribution in [0.15, 0.2) is 42.6 Å². The summed E-state index contributed by atoms with van der Waals surface area (Å²) in [5.74, 6) is 0.603. The molecule has 3 fully saturated rings. The highest BCUT2D eigenvalue weighted by Gasteiger charge is 2.42. The minimum atomic E-state index is -4.66. The molecule has 0 spiro atoms. The van der Waals surface area contributed by atoms with Crippen LogP contribution in [0.4, 0.5) is 18.9 Å². The average molecular weight is 636 g/mol. The van der Waals surface area contributed by atoms with Crippen molar-refractivity contribution in [3.63, 3.8) is 0 Å². The number of nitriles is 1. The van der Waals surface area contributed by atoms with E-state index in [0.717, 1.165) is 44.1 Å². The van der Waals surface area contributed by atoms with Gasteiger partial charge < -0.3 is 24.6 Å². The zero-order valence-electron chi connectivity index (χ0n) is 25.8. The molecular weight excluding hydrogens is 599 g/mol. The molecule has 0 bridgehead atoms. The van der Waals surface area contributed by atoms with Gasteiger partial charge in [0, 0.05) is 44.2 Å². The first-order valence-corrected chi connectivity index (χ1v) is 15.6. The molecule has 13 heteroatoms. The molecule has 3 aliphatic rings. The number of hydrogen-bond donors (Lipinski definition) is 1. The van der Waals surface area contributed by atoms with E-state index < -0.39 is 17.6 Å². The highest BCUT2D eigenvalue weighted by molar-refractivity contribution is 5.99. The molecule has 3 aromatic rings. The van der Waals surface area contributed by atoms with Gasteiger partial charge in [-0.3, -0.25) is 4.79 Å². The predicted octanol–water partition coefficient (Wildman–Crippen LogP) is 5.09. The number of ether oxygens (including phenoxy) is 2. The molecule has 5 heterocycles. The number of aromatic nitrogens is 3. The van der Waals surface area contributed by atoms with Crippen molar-refractivity contribution >= 4 is 11.6 Å². The second kappa shape index (κ2) is 13.1. The van der Waals surface area contributed by atoms with Gasteiger partial charge in [-0.25, -0.2) is 15.0 Å². The Kier molecular flexibility index (Phi) is 8.99. The van der Waals surface area contributed by atoms with E-state index in [4.69, 9.17) is 14.5 Å². The van der Waals surface area contributed by atoms with Crippen molar-refractivity contribution < 1.29 is 27.4 Å². The van der Waals surface area contributed by atoms with Crippen LogP contribution in [0.25, 0.3) is 11.3 Å². The lowest BCUT2D eigenvalue weighted by Gasteiger charge is -2.42. The van der Waals surface area contributed by atoms with Crippen LogP contribution >= 0.6 is 0 Å². The van der Waals surface area contributed by atoms with Crippen molar-refractivity contribution in [3.8, 4) is 29.0 Å². The maximum Gasteiger partial charge on any atom is 0.433 e. The number of halogens is 3. The number of rotatable bonds is 9. The lowest BCUT2D eigenvalue weighted by Crippen LogP contribution is -2.48. The number of hydrogen-bond acceptors (Lipinski definition) is 9. The summed E-state index contributed by atoms with van der Waals surface area (Å²) >= 11 is 0. The number of carbonyl (C=O) groups is 1. The quantitative estimate of drug-likeness (QED) is 0.343. The van der Waals surface area contributed by atoms with Gasteiger partial charge in [-0.2, -0.15) is 18.4 Å². The topological polar surface area (TPSA) is 116 Å². The van der Waals surface area contributed by atoms with Gasteiger partial charge >= 0.3 is 6.18 Å². The molecule has 1 aliphatic carbocycles. The number of carbonyl (C=O) groups excluding carboxylic acids is 1. The van der Waals surface area contributed by atoms with Crippen LogP contribution in [0.1, 0.15) is 60.9 Å². The normalized spacial score (nSPS) is 21.9. The maximum atomic E-state index is 13.9. The summed E-state index contributed by atoms with van der Waals surface area (Å²) in [7, 11) is 2.03. The van der Waals surface area contributed by atoms with Gasteiger partial charge in [0.15, 0.2) is 17.1 Å². The number of nitrogens with zero attached hydrogens (tertiary/aromatic N) is 6. The molecule has 10 nitrogen and oxygen atoms in total. The van der Waals surface area contributed by atoms with Gasteiger partial charge in [0.25, 0.3) is 5.91 Å². The van der Waals surface area contributed by atoms with Crippen molar-refractivity contribution in [1.29, 1.82) is 5.26 Å². The molecule has 46 heavy (non-hydrogen) atoms. The smallest absolute Gasteiger partial charge is 0.433 e. The third-order valence-corrected chi connectivity index (χ3v) is 8.76. The highest BCUT2D eigenvalue weighted by atomic mass is 19.4. The van der Waals surface area contributed by atoms with E-state index in [1.165, 1.54) is 6.07 Å². The van der Waals surface area contributed by atoms with Crippen LogP contribution in [0, 0.1) is 17.2 Å². The molecule has 1 amide bonds. The molecule has 3 atom stereocenters. The fraction of sp³-hybridized carbons (Fsp3) is 0.485. The Balaban J connectivity index is 1.29. The number of anilines is 1. The molecule has 1 N–H and O–H groups in total. The summed E-state index contributed by atoms with van der Waals surface area (Å²) < 4.78 is 51.4. The average Bonchev–Trinajstić information content (AvgIpc) is 3.82. The summed E-state index contributed by atoms with van der Waals surface area (Å²) in [6.07, 6.45) is 0.657. The van der Waals surface area contributed by atoms with E-state index in [1.807, 2.05) is 32.2 Å². The minimum absolute atomic E-state index is 0.0122. The van der Waals surface area contributed by atoms with Crippen molar-refractivity contribution in [2.75, 3.05) is 38.2 Å². The lowest BCUT2D eigenvalue weighted by atomic mass is 9.94. The Hall–Kier alpha value is -4.44. The summed E-state index contributed by atoms with van der Waals surface area (Å²) in [6, 6.07) is 11.3. The van der Waals surface area contributed by atoms with Gasteiger partial charge in [0.05, 0.1) is 23.6 Å². The highest BCUT2D eigenvalue weighted by Crippen LogP contribution is 2.43. The van der Waals surface area contributed by atoms with Crippen LogP contribution in [0.3, 0.4) is 0 Å². The monoisotopic (exact) mass is 635 g/mol. The fourth-order valence-electron chi connectivity index (χ4n) is 6.40. The number of pyridine rings is 3. The number of piperidine rings is 1. The van der Waals surface area contributed by atoms with Crippen LogP contribution in [0.2, 0.25) is 0 Å². The van der Waals surface area contributed by atoms with E-state index in [1.54, 1.807) is 18.3 Å². The molecule has 2 saturated heterocycles. The third kappa shape index (κ3) is 6.87. The van der Waals surface area contributed by atoms with Gasteiger partial charge in [-0.15, -0.1) is 0 Å². The third-order valence-electron chi connectivity index (χ3n) is 8.76. The molecule has 6 rings (SSSR count). The van der Waals surface area contributed by atoms with Crippen molar-refractivity contribution in [2.24, 2.45) is 5.92 Å². The molecule has 0 aromatic carbocycles. The Morgan fingerprint density at radius 2 is 1.93 bits per heavy atom. The van der Waals surface area contributed by atoms with E-state index in [0.29, 0.717) is 54.7 Å². The summed E-state index contributed by atoms with van der Waals surface area (Å²) in [5.41, 5.74) is 0.788. The first-order valence-electron chi connectivity index (χ1n) is 15.6. The van der Waals surface area contributed by atoms with E-state index in [-0.39, 0.29) is 29.8 Å². The second-order valence-electron chi connectivity index (χ2n) is 12.1. The SMILES string of the molecule is CCOc1ncccc1-c1ccc(N2CC[C@H](Oc3ccc(C(F)(F)F)nc3C#N)C[C@@H]2C2CC2)c(C(=O)N[C@@H]2CCN(C)C2)n1. The lowest BCUT2D eigenvalue weighted by molar-refractivity contribution is -0.141. The van der Waals surface area contributed by atoms with Crippen molar-refractivity contribution in [2.45, 2.75) is 63.4 Å². The Morgan fingerprint density at radius 3 is 2.63 bits per heavy atom. The molecule has 2 aliphatic heterocycles. The van der Waals surface area contributed by atoms with Gasteiger partial charge in [0.1, 0.15) is 17.9 Å². The van der Waals surface area contributed by atoms with Crippen LogP contribution in [0.5, 0.6) is 11.6 Å². The summed E-state index contributed by atoms with van der Waals surface area (Å²) in [4.78, 5) is 31.1. The van der Waals surface area contributed by atoms with E-state index in [2.05, 4.69) is 25.1 Å². The molecule has 1 saturated carbocycles. The summed E-state index contributed by atoms with van der Waals surface area (Å²) in [5, 5.41) is 12.7. The van der Waals surface area contributed by atoms with Crippen molar-refractivity contribution in [1.82, 2.24) is 25.2 Å². The van der Waals surface area contributed by atoms with Gasteiger partial charge in [0.2, 0.25) is 5.88 Å². The van der Waals surface area contributed by atoms with Crippen LogP contribution in [-0.4, -0.2) is 77.2 Å². The van der Waals surface area contributed by atoms with E-state index in [9.17, 15) is 23.2 Å². The minimum Gasteiger partial charge on any atom is -0.487 e. The largest absolute Gasteiger partial charge is 0.487 e. The zero-order valence-corrected chi connectivity index (χ0v) is 25.8. The summed E-state index contributed by atoms with van der Waals surface area (Å²) in [6.45, 7) is 4.51. The number of alkyl halides is 3. The predicted molar refractivity (Wildman–Crippen MR) is 163 cm³/mol. The number of amides is 1. The molecular formula is C33H36F3N7O3. The maximum absolute atomic E-state index is 13.9. The van der Waals surface area contributed by atoms with Crippen LogP contribution < -0.4 is 19.7 Å². The first kappa shape index (κ1) is 31.5. The standard InChI is InChI=1S/C33H36F3N7O3/c1-3-45-32-23(5-4-14-38-32)24-8-9-26(30(41-24)31(44)39-21-12-15-42(2)19-21)43-16-13-22(17-27(43)20-6-7-20)46-28-10-11-29(33(34,35)36)40-25(28)18-37/h4-5,8-11,14,20-22,27H,3,6-7,12-13,15-17,19H2,1-2H3,(H,39,44)/t21-,22+,27-/m1/s1. The van der Waals surface area contributed by atoms with Gasteiger partial charge in [-0.05, 0) is 82.1 Å². The zero-order chi connectivity index (χ0) is 32.4. The van der Waals surface area contributed by atoms with Crippen LogP contribution in [-0.2, 0) is 6.18 Å². The number of likely N-dealkylation sites (N-methyl/N-ethyl adjacent to an activating group) is 1. The molecule has 3 aromatic heterocycles. The Bertz CT molecular complexity index is 1620. The van der Waals surface area contributed by atoms with Gasteiger partial charge in [-0.1, -0.05) is 0 Å². The van der Waals surface area contributed by atoms with E-state index >= 15 is 0 Å². The molecule has 0 radical (unpaired) electrons. The molecule has 0 unspecified atom stereocenters. The Morgan fingerprint density at radius 1 is 1.11 bits per heavy atom. The van der Waals surface area contributed by atoms with Crippen molar-refractivity contribution in [3.05, 3.63) is 59.7 Å². The molecule has 242 valence electrons.